The number of nitrogens with zero attached hydrogens (tertiary/aromatic N) is 2. The Bertz CT molecular complexity index is 775. The molecule has 0 amide bonds. The Labute approximate surface area is 130 Å². The number of aromatic nitrogens is 2. The van der Waals surface area contributed by atoms with E-state index in [1.165, 1.54) is 11.3 Å². The fourth-order valence-corrected chi connectivity index (χ4v) is 2.74. The van der Waals surface area contributed by atoms with Gasteiger partial charge in [0.15, 0.2) is 0 Å². The molecule has 0 atom stereocenters. The van der Waals surface area contributed by atoms with Gasteiger partial charge in [0, 0.05) is 11.8 Å². The van der Waals surface area contributed by atoms with Gasteiger partial charge in [-0.3, -0.25) is 0 Å². The van der Waals surface area contributed by atoms with Crippen LogP contribution in [0.1, 0.15) is 17.7 Å². The first-order chi connectivity index (χ1) is 10.7. The lowest BCUT2D eigenvalue weighted by molar-refractivity contribution is 0.415. The van der Waals surface area contributed by atoms with Gasteiger partial charge in [-0.25, -0.2) is 4.98 Å². The molecule has 0 aliphatic rings. The summed E-state index contributed by atoms with van der Waals surface area (Å²) in [7, 11) is 1.68. The Morgan fingerprint density at radius 3 is 2.64 bits per heavy atom. The number of pyridine rings is 1. The zero-order valence-electron chi connectivity index (χ0n) is 13.0. The maximum absolute atomic E-state index is 5.70. The maximum Gasteiger partial charge on any atom is 0.140 e. The van der Waals surface area contributed by atoms with Gasteiger partial charge in [0.1, 0.15) is 11.4 Å². The molecule has 0 aliphatic heterocycles. The molecule has 2 N–H and O–H groups in total. The summed E-state index contributed by atoms with van der Waals surface area (Å²) in [6.07, 6.45) is 3.95. The van der Waals surface area contributed by atoms with Crippen molar-refractivity contribution in [3.05, 3.63) is 53.9 Å². The number of nitrogens with two attached hydrogens (primary N) is 1. The van der Waals surface area contributed by atoms with E-state index in [0.717, 1.165) is 35.5 Å². The van der Waals surface area contributed by atoms with Crippen molar-refractivity contribution in [3.8, 4) is 17.0 Å². The number of hydrogen-bond acceptors (Lipinski definition) is 3. The molecule has 2 aromatic heterocycles. The number of ether oxygens (including phenoxy) is 1. The third kappa shape index (κ3) is 2.57. The van der Waals surface area contributed by atoms with Crippen LogP contribution in [0.5, 0.6) is 5.75 Å². The lowest BCUT2D eigenvalue weighted by atomic mass is 10.1. The van der Waals surface area contributed by atoms with Crippen molar-refractivity contribution in [1.82, 2.24) is 9.38 Å². The van der Waals surface area contributed by atoms with Gasteiger partial charge in [-0.05, 0) is 62.2 Å². The first-order valence-electron chi connectivity index (χ1n) is 7.55. The highest BCUT2D eigenvalue weighted by Gasteiger charge is 2.14. The number of methoxy groups -OCH3 is 1. The SMILES string of the molecule is COc1ccc(-c2nc3c(C)cccn3c2CCCN)cc1. The van der Waals surface area contributed by atoms with Crippen LogP contribution < -0.4 is 10.5 Å². The molecule has 4 heteroatoms. The summed E-state index contributed by atoms with van der Waals surface area (Å²) in [5.41, 5.74) is 11.2. The number of aryl methyl sites for hydroxylation is 2. The fourth-order valence-electron chi connectivity index (χ4n) is 2.74. The molecule has 2 heterocycles. The van der Waals surface area contributed by atoms with Crippen molar-refractivity contribution < 1.29 is 4.74 Å². The van der Waals surface area contributed by atoms with E-state index in [2.05, 4.69) is 41.8 Å². The largest absolute Gasteiger partial charge is 0.497 e. The minimum atomic E-state index is 0.682. The van der Waals surface area contributed by atoms with Crippen molar-refractivity contribution >= 4 is 5.65 Å². The third-order valence-corrected chi connectivity index (χ3v) is 3.93. The number of benzene rings is 1. The minimum Gasteiger partial charge on any atom is -0.497 e. The van der Waals surface area contributed by atoms with Crippen LogP contribution in [0.15, 0.2) is 42.6 Å². The van der Waals surface area contributed by atoms with Crippen molar-refractivity contribution in [3.63, 3.8) is 0 Å². The third-order valence-electron chi connectivity index (χ3n) is 3.93. The van der Waals surface area contributed by atoms with Crippen LogP contribution in [-0.4, -0.2) is 23.0 Å². The highest BCUT2D eigenvalue weighted by atomic mass is 16.5. The quantitative estimate of drug-likeness (QED) is 0.786. The Morgan fingerprint density at radius 2 is 1.95 bits per heavy atom. The molecule has 1 aromatic carbocycles. The fraction of sp³-hybridized carbons (Fsp3) is 0.278. The van der Waals surface area contributed by atoms with Gasteiger partial charge in [-0.1, -0.05) is 6.07 Å². The predicted molar refractivity (Wildman–Crippen MR) is 89.3 cm³/mol. The van der Waals surface area contributed by atoms with Crippen molar-refractivity contribution in [2.24, 2.45) is 5.73 Å². The number of hydrogen-bond donors (Lipinski definition) is 1. The highest BCUT2D eigenvalue weighted by molar-refractivity contribution is 5.68. The first kappa shape index (κ1) is 14.6. The summed E-state index contributed by atoms with van der Waals surface area (Å²) >= 11 is 0. The van der Waals surface area contributed by atoms with E-state index in [1.54, 1.807) is 7.11 Å². The lowest BCUT2D eigenvalue weighted by Gasteiger charge is -2.06. The van der Waals surface area contributed by atoms with Gasteiger partial charge < -0.3 is 14.9 Å². The molecule has 0 radical (unpaired) electrons. The van der Waals surface area contributed by atoms with E-state index in [4.69, 9.17) is 15.5 Å². The molecule has 22 heavy (non-hydrogen) atoms. The monoisotopic (exact) mass is 295 g/mol. The van der Waals surface area contributed by atoms with Crippen LogP contribution in [0.3, 0.4) is 0 Å². The van der Waals surface area contributed by atoms with Crippen molar-refractivity contribution in [1.29, 1.82) is 0 Å². The van der Waals surface area contributed by atoms with E-state index in [9.17, 15) is 0 Å². The second kappa shape index (κ2) is 6.20. The van der Waals surface area contributed by atoms with E-state index in [1.807, 2.05) is 12.1 Å². The first-order valence-corrected chi connectivity index (χ1v) is 7.55. The molecule has 0 aliphatic carbocycles. The molecule has 3 rings (SSSR count). The Morgan fingerprint density at radius 1 is 1.18 bits per heavy atom. The molecular weight excluding hydrogens is 274 g/mol. The second-order valence-corrected chi connectivity index (χ2v) is 5.41. The number of rotatable bonds is 5. The van der Waals surface area contributed by atoms with E-state index in [-0.39, 0.29) is 0 Å². The maximum atomic E-state index is 5.70. The summed E-state index contributed by atoms with van der Waals surface area (Å²) in [6.45, 7) is 2.77. The number of imidazole rings is 1. The Kier molecular flexibility index (Phi) is 4.11. The van der Waals surface area contributed by atoms with Gasteiger partial charge in [0.2, 0.25) is 0 Å². The van der Waals surface area contributed by atoms with Crippen molar-refractivity contribution in [2.45, 2.75) is 19.8 Å². The Balaban J connectivity index is 2.15. The molecule has 0 saturated carbocycles. The minimum absolute atomic E-state index is 0.682. The molecule has 114 valence electrons. The summed E-state index contributed by atoms with van der Waals surface area (Å²) in [6, 6.07) is 12.2. The summed E-state index contributed by atoms with van der Waals surface area (Å²) in [4.78, 5) is 4.87. The van der Waals surface area contributed by atoms with Gasteiger partial charge in [0.25, 0.3) is 0 Å². The molecular formula is C18H21N3O. The summed E-state index contributed by atoms with van der Waals surface area (Å²) in [5.74, 6) is 0.854. The van der Waals surface area contributed by atoms with Gasteiger partial charge in [-0.15, -0.1) is 0 Å². The van der Waals surface area contributed by atoms with Crippen LogP contribution in [0.4, 0.5) is 0 Å². The molecule has 4 nitrogen and oxygen atoms in total. The molecule has 0 bridgehead atoms. The molecule has 0 spiro atoms. The topological polar surface area (TPSA) is 52.5 Å². The average molecular weight is 295 g/mol. The van der Waals surface area contributed by atoms with Gasteiger partial charge >= 0.3 is 0 Å². The summed E-state index contributed by atoms with van der Waals surface area (Å²) < 4.78 is 7.42. The van der Waals surface area contributed by atoms with Crippen molar-refractivity contribution in [2.75, 3.05) is 13.7 Å². The zero-order chi connectivity index (χ0) is 15.5. The molecule has 0 fully saturated rings. The number of fused-ring (bicyclic) bond motifs is 1. The van der Waals surface area contributed by atoms with Crippen LogP contribution in [0, 0.1) is 6.92 Å². The normalized spacial score (nSPS) is 11.0. The summed E-state index contributed by atoms with van der Waals surface area (Å²) in [5, 5.41) is 0. The predicted octanol–water partition coefficient (Wildman–Crippen LogP) is 3.21. The van der Waals surface area contributed by atoms with Crippen LogP contribution in [0.2, 0.25) is 0 Å². The standard InChI is InChI=1S/C18H21N3O/c1-13-5-4-12-21-16(6-3-11-19)17(20-18(13)21)14-7-9-15(22-2)10-8-14/h4-5,7-10,12H,3,6,11,19H2,1-2H3. The Hall–Kier alpha value is -2.33. The van der Waals surface area contributed by atoms with Crippen LogP contribution >= 0.6 is 0 Å². The van der Waals surface area contributed by atoms with Gasteiger partial charge in [0.05, 0.1) is 18.5 Å². The zero-order valence-corrected chi connectivity index (χ0v) is 13.0. The molecule has 0 saturated heterocycles. The smallest absolute Gasteiger partial charge is 0.140 e. The average Bonchev–Trinajstić information content (AvgIpc) is 2.93. The second-order valence-electron chi connectivity index (χ2n) is 5.41. The van der Waals surface area contributed by atoms with Crippen LogP contribution in [-0.2, 0) is 6.42 Å². The van der Waals surface area contributed by atoms with Gasteiger partial charge in [-0.2, -0.15) is 0 Å². The van der Waals surface area contributed by atoms with Crippen LogP contribution in [0.25, 0.3) is 16.9 Å². The highest BCUT2D eigenvalue weighted by Crippen LogP contribution is 2.28. The van der Waals surface area contributed by atoms with E-state index >= 15 is 0 Å². The van der Waals surface area contributed by atoms with E-state index in [0.29, 0.717) is 6.54 Å². The molecule has 3 aromatic rings. The lowest BCUT2D eigenvalue weighted by Crippen LogP contribution is -2.03. The molecule has 0 unspecified atom stereocenters. The van der Waals surface area contributed by atoms with E-state index < -0.39 is 0 Å².